The summed E-state index contributed by atoms with van der Waals surface area (Å²) in [4.78, 5) is 11.3. The number of carbonyl (C=O) groups is 1. The van der Waals surface area contributed by atoms with Gasteiger partial charge in [0.25, 0.3) is 0 Å². The van der Waals surface area contributed by atoms with Crippen molar-refractivity contribution in [3.63, 3.8) is 0 Å². The minimum atomic E-state index is -0.781. The van der Waals surface area contributed by atoms with Crippen LogP contribution in [-0.4, -0.2) is 18.2 Å². The standard InChI is InChI=1S/C12H13ClO3/c1-7-5-8(13)6-9(16-2)10(7)12(3-4-12)11(14)15/h5-6H,3-4H2,1-2H3,(H,14,15). The molecule has 0 heterocycles. The third kappa shape index (κ3) is 1.55. The zero-order valence-electron chi connectivity index (χ0n) is 9.21. The molecule has 0 amide bonds. The van der Waals surface area contributed by atoms with Crippen molar-refractivity contribution in [2.45, 2.75) is 25.2 Å². The Bertz CT molecular complexity index is 450. The van der Waals surface area contributed by atoms with Crippen molar-refractivity contribution < 1.29 is 14.6 Å². The predicted molar refractivity (Wildman–Crippen MR) is 61.3 cm³/mol. The molecule has 1 aliphatic rings. The number of methoxy groups -OCH3 is 1. The number of ether oxygens (including phenoxy) is 1. The zero-order chi connectivity index (χ0) is 11.9. The van der Waals surface area contributed by atoms with Crippen LogP contribution in [0.2, 0.25) is 5.02 Å². The third-order valence-corrected chi connectivity index (χ3v) is 3.34. The van der Waals surface area contributed by atoms with Gasteiger partial charge in [0.2, 0.25) is 0 Å². The van der Waals surface area contributed by atoms with Gasteiger partial charge in [0.15, 0.2) is 0 Å². The second-order valence-corrected chi connectivity index (χ2v) is 4.62. The first-order valence-corrected chi connectivity index (χ1v) is 5.47. The van der Waals surface area contributed by atoms with Gasteiger partial charge < -0.3 is 9.84 Å². The first-order valence-electron chi connectivity index (χ1n) is 5.09. The number of carboxylic acid groups (broad SMARTS) is 1. The van der Waals surface area contributed by atoms with Crippen LogP contribution in [0.3, 0.4) is 0 Å². The Morgan fingerprint density at radius 3 is 2.56 bits per heavy atom. The van der Waals surface area contributed by atoms with Crippen molar-refractivity contribution in [3.8, 4) is 5.75 Å². The van der Waals surface area contributed by atoms with Gasteiger partial charge in [0.05, 0.1) is 12.5 Å². The van der Waals surface area contributed by atoms with E-state index in [1.807, 2.05) is 6.92 Å². The molecule has 4 heteroatoms. The molecule has 0 spiro atoms. The van der Waals surface area contributed by atoms with Crippen molar-refractivity contribution >= 4 is 17.6 Å². The highest BCUT2D eigenvalue weighted by Crippen LogP contribution is 2.53. The van der Waals surface area contributed by atoms with Gasteiger partial charge in [-0.05, 0) is 37.5 Å². The van der Waals surface area contributed by atoms with Crippen LogP contribution in [0.25, 0.3) is 0 Å². The average molecular weight is 241 g/mol. The Hall–Kier alpha value is -1.22. The van der Waals surface area contributed by atoms with Crippen molar-refractivity contribution in [2.75, 3.05) is 7.11 Å². The third-order valence-electron chi connectivity index (χ3n) is 3.12. The van der Waals surface area contributed by atoms with E-state index in [1.54, 1.807) is 12.1 Å². The number of halogens is 1. The summed E-state index contributed by atoms with van der Waals surface area (Å²) in [6.07, 6.45) is 1.34. The number of rotatable bonds is 3. The molecule has 0 atom stereocenters. The van der Waals surface area contributed by atoms with Crippen LogP contribution in [0.4, 0.5) is 0 Å². The van der Waals surface area contributed by atoms with Crippen LogP contribution in [-0.2, 0) is 10.2 Å². The van der Waals surface area contributed by atoms with Gasteiger partial charge in [-0.25, -0.2) is 0 Å². The lowest BCUT2D eigenvalue weighted by molar-refractivity contribution is -0.140. The minimum absolute atomic E-state index is 0.569. The van der Waals surface area contributed by atoms with Gasteiger partial charge in [-0.15, -0.1) is 0 Å². The summed E-state index contributed by atoms with van der Waals surface area (Å²) in [7, 11) is 1.53. The molecule has 1 saturated carbocycles. The minimum Gasteiger partial charge on any atom is -0.496 e. The molecule has 1 fully saturated rings. The summed E-state index contributed by atoms with van der Waals surface area (Å²) < 4.78 is 5.24. The molecule has 0 saturated heterocycles. The predicted octanol–water partition coefficient (Wildman–Crippen LogP) is 2.77. The summed E-state index contributed by atoms with van der Waals surface area (Å²) in [6, 6.07) is 3.45. The molecule has 2 rings (SSSR count). The number of hydrogen-bond acceptors (Lipinski definition) is 2. The molecular weight excluding hydrogens is 228 g/mol. The molecule has 3 nitrogen and oxygen atoms in total. The Morgan fingerprint density at radius 1 is 1.50 bits per heavy atom. The molecule has 0 bridgehead atoms. The number of benzene rings is 1. The van der Waals surface area contributed by atoms with E-state index in [2.05, 4.69) is 0 Å². The summed E-state index contributed by atoms with van der Waals surface area (Å²) >= 11 is 5.92. The van der Waals surface area contributed by atoms with Crippen LogP contribution < -0.4 is 4.74 Å². The highest BCUT2D eigenvalue weighted by molar-refractivity contribution is 6.30. The summed E-state index contributed by atoms with van der Waals surface area (Å²) in [6.45, 7) is 1.87. The largest absolute Gasteiger partial charge is 0.496 e. The molecule has 86 valence electrons. The van der Waals surface area contributed by atoms with E-state index >= 15 is 0 Å². The van der Waals surface area contributed by atoms with Gasteiger partial charge in [0.1, 0.15) is 5.75 Å². The highest BCUT2D eigenvalue weighted by atomic mass is 35.5. The second kappa shape index (κ2) is 3.67. The Labute approximate surface area is 99.0 Å². The van der Waals surface area contributed by atoms with Crippen LogP contribution in [0.5, 0.6) is 5.75 Å². The van der Waals surface area contributed by atoms with E-state index in [-0.39, 0.29) is 0 Å². The molecule has 0 aromatic heterocycles. The van der Waals surface area contributed by atoms with Crippen LogP contribution >= 0.6 is 11.6 Å². The van der Waals surface area contributed by atoms with E-state index in [0.29, 0.717) is 23.6 Å². The van der Waals surface area contributed by atoms with Crippen molar-refractivity contribution in [3.05, 3.63) is 28.3 Å². The molecule has 1 aromatic carbocycles. The molecule has 0 radical (unpaired) electrons. The Balaban J connectivity index is 2.60. The lowest BCUT2D eigenvalue weighted by Gasteiger charge is -2.18. The highest BCUT2D eigenvalue weighted by Gasteiger charge is 2.54. The molecular formula is C12H13ClO3. The lowest BCUT2D eigenvalue weighted by atomic mass is 9.91. The normalized spacial score (nSPS) is 16.9. The second-order valence-electron chi connectivity index (χ2n) is 4.19. The number of aryl methyl sites for hydroxylation is 1. The van der Waals surface area contributed by atoms with Crippen molar-refractivity contribution in [1.82, 2.24) is 0 Å². The van der Waals surface area contributed by atoms with Crippen LogP contribution in [0, 0.1) is 6.92 Å². The molecule has 1 aromatic rings. The molecule has 1 N–H and O–H groups in total. The number of carboxylic acids is 1. The number of hydrogen-bond donors (Lipinski definition) is 1. The zero-order valence-corrected chi connectivity index (χ0v) is 9.97. The van der Waals surface area contributed by atoms with E-state index in [1.165, 1.54) is 7.11 Å². The maximum Gasteiger partial charge on any atom is 0.314 e. The topological polar surface area (TPSA) is 46.5 Å². The van der Waals surface area contributed by atoms with Gasteiger partial charge in [0, 0.05) is 10.6 Å². The first-order chi connectivity index (χ1) is 7.51. The van der Waals surface area contributed by atoms with E-state index < -0.39 is 11.4 Å². The smallest absolute Gasteiger partial charge is 0.314 e. The summed E-state index contributed by atoms with van der Waals surface area (Å²) in [5.41, 5.74) is 0.899. The van der Waals surface area contributed by atoms with Gasteiger partial charge >= 0.3 is 5.97 Å². The van der Waals surface area contributed by atoms with Gasteiger partial charge in [-0.3, -0.25) is 4.79 Å². The Morgan fingerprint density at radius 2 is 2.12 bits per heavy atom. The van der Waals surface area contributed by atoms with Crippen LogP contribution in [0.1, 0.15) is 24.0 Å². The fourth-order valence-electron chi connectivity index (χ4n) is 2.18. The monoisotopic (exact) mass is 240 g/mol. The number of aliphatic carboxylic acids is 1. The average Bonchev–Trinajstić information content (AvgIpc) is 2.97. The van der Waals surface area contributed by atoms with Gasteiger partial charge in [-0.1, -0.05) is 11.6 Å². The van der Waals surface area contributed by atoms with E-state index in [4.69, 9.17) is 16.3 Å². The summed E-state index contributed by atoms with van der Waals surface area (Å²) in [5, 5.41) is 9.85. The lowest BCUT2D eigenvalue weighted by Crippen LogP contribution is -2.21. The Kier molecular flexibility index (Phi) is 2.58. The summed E-state index contributed by atoms with van der Waals surface area (Å²) in [5.74, 6) is -0.207. The van der Waals surface area contributed by atoms with Gasteiger partial charge in [-0.2, -0.15) is 0 Å². The van der Waals surface area contributed by atoms with E-state index in [0.717, 1.165) is 11.1 Å². The molecule has 1 aliphatic carbocycles. The molecule has 16 heavy (non-hydrogen) atoms. The maximum absolute atomic E-state index is 11.3. The molecule has 0 unspecified atom stereocenters. The quantitative estimate of drug-likeness (QED) is 0.884. The van der Waals surface area contributed by atoms with Crippen molar-refractivity contribution in [2.24, 2.45) is 0 Å². The van der Waals surface area contributed by atoms with E-state index in [9.17, 15) is 9.90 Å². The SMILES string of the molecule is COc1cc(Cl)cc(C)c1C1(C(=O)O)CC1. The van der Waals surface area contributed by atoms with Crippen molar-refractivity contribution in [1.29, 1.82) is 0 Å². The fourth-order valence-corrected chi connectivity index (χ4v) is 2.45. The first kappa shape index (κ1) is 11.3. The maximum atomic E-state index is 11.3. The fraction of sp³-hybridized carbons (Fsp3) is 0.417. The van der Waals surface area contributed by atoms with Crippen LogP contribution in [0.15, 0.2) is 12.1 Å². The molecule has 0 aliphatic heterocycles.